The zero-order valence-corrected chi connectivity index (χ0v) is 12.1. The van der Waals surface area contributed by atoms with Crippen molar-refractivity contribution in [2.24, 2.45) is 0 Å². The van der Waals surface area contributed by atoms with Gasteiger partial charge in [0.2, 0.25) is 0 Å². The van der Waals surface area contributed by atoms with E-state index in [0.29, 0.717) is 18.0 Å². The van der Waals surface area contributed by atoms with Gasteiger partial charge in [0.25, 0.3) is 5.91 Å². The summed E-state index contributed by atoms with van der Waals surface area (Å²) < 4.78 is 6.52. The summed E-state index contributed by atoms with van der Waals surface area (Å²) in [6.07, 6.45) is 0.111. The van der Waals surface area contributed by atoms with Crippen molar-refractivity contribution in [1.29, 1.82) is 0 Å². The molecule has 0 saturated carbocycles. The standard InChI is InChI=1S/C14H16BrNO2/c1-8(15)7-16-14(17)12-6-4-5-11-9(2)10(3)18-13(11)12/h4-6,9-10H,1,7H2,2-3H3,(H,16,17). The average molecular weight is 310 g/mol. The first-order valence-electron chi connectivity index (χ1n) is 5.91. The maximum Gasteiger partial charge on any atom is 0.255 e. The van der Waals surface area contributed by atoms with Crippen LogP contribution in [0.5, 0.6) is 5.75 Å². The van der Waals surface area contributed by atoms with E-state index in [2.05, 4.69) is 34.7 Å². The molecule has 0 radical (unpaired) electrons. The van der Waals surface area contributed by atoms with E-state index in [1.54, 1.807) is 6.07 Å². The normalized spacial score (nSPS) is 21.1. The number of amides is 1. The maximum atomic E-state index is 12.1. The van der Waals surface area contributed by atoms with Crippen LogP contribution in [-0.4, -0.2) is 18.6 Å². The molecular formula is C14H16BrNO2. The summed E-state index contributed by atoms with van der Waals surface area (Å²) in [6, 6.07) is 5.70. The van der Waals surface area contributed by atoms with Crippen molar-refractivity contribution in [3.05, 3.63) is 40.4 Å². The van der Waals surface area contributed by atoms with Crippen LogP contribution in [0.15, 0.2) is 29.3 Å². The van der Waals surface area contributed by atoms with Crippen LogP contribution in [0.2, 0.25) is 0 Å². The fraction of sp³-hybridized carbons (Fsp3) is 0.357. The lowest BCUT2D eigenvalue weighted by Crippen LogP contribution is -2.25. The molecule has 2 rings (SSSR count). The molecule has 1 aliphatic heterocycles. The van der Waals surface area contributed by atoms with Gasteiger partial charge in [0.1, 0.15) is 11.9 Å². The van der Waals surface area contributed by atoms with Gasteiger partial charge in [0, 0.05) is 22.5 Å². The first-order chi connectivity index (χ1) is 8.50. The first-order valence-corrected chi connectivity index (χ1v) is 6.71. The molecule has 0 aromatic heterocycles. The van der Waals surface area contributed by atoms with Crippen molar-refractivity contribution in [3.63, 3.8) is 0 Å². The van der Waals surface area contributed by atoms with Crippen LogP contribution in [0.3, 0.4) is 0 Å². The van der Waals surface area contributed by atoms with Gasteiger partial charge in [-0.3, -0.25) is 4.79 Å². The smallest absolute Gasteiger partial charge is 0.255 e. The molecule has 0 aliphatic carbocycles. The Morgan fingerprint density at radius 3 is 2.89 bits per heavy atom. The number of para-hydroxylation sites is 1. The first kappa shape index (κ1) is 13.1. The molecule has 96 valence electrons. The van der Waals surface area contributed by atoms with Crippen LogP contribution in [0.4, 0.5) is 0 Å². The van der Waals surface area contributed by atoms with Gasteiger partial charge in [0.05, 0.1) is 5.56 Å². The molecule has 1 heterocycles. The van der Waals surface area contributed by atoms with Gasteiger partial charge in [-0.2, -0.15) is 0 Å². The zero-order chi connectivity index (χ0) is 13.3. The second-order valence-corrected chi connectivity index (χ2v) is 5.66. The lowest BCUT2D eigenvalue weighted by molar-refractivity contribution is 0.0953. The van der Waals surface area contributed by atoms with Crippen LogP contribution in [0.25, 0.3) is 0 Å². The number of benzene rings is 1. The summed E-state index contributed by atoms with van der Waals surface area (Å²) in [4.78, 5) is 12.1. The second kappa shape index (κ2) is 5.14. The molecule has 1 N–H and O–H groups in total. The number of hydrogen-bond acceptors (Lipinski definition) is 2. The Balaban J connectivity index is 2.26. The van der Waals surface area contributed by atoms with Gasteiger partial charge in [-0.25, -0.2) is 0 Å². The van der Waals surface area contributed by atoms with Gasteiger partial charge in [-0.05, 0) is 13.0 Å². The summed E-state index contributed by atoms with van der Waals surface area (Å²) in [7, 11) is 0. The van der Waals surface area contributed by atoms with Gasteiger partial charge in [-0.1, -0.05) is 41.6 Å². The Kier molecular flexibility index (Phi) is 3.76. The largest absolute Gasteiger partial charge is 0.489 e. The van der Waals surface area contributed by atoms with Gasteiger partial charge < -0.3 is 10.1 Å². The molecule has 3 nitrogen and oxygen atoms in total. The van der Waals surface area contributed by atoms with Crippen molar-refractivity contribution in [2.45, 2.75) is 25.9 Å². The molecule has 0 fully saturated rings. The number of rotatable bonds is 3. The average Bonchev–Trinajstić information content (AvgIpc) is 2.62. The minimum Gasteiger partial charge on any atom is -0.489 e. The molecule has 1 amide bonds. The minimum atomic E-state index is -0.131. The minimum absolute atomic E-state index is 0.111. The number of carbonyl (C=O) groups excluding carboxylic acids is 1. The number of hydrogen-bond donors (Lipinski definition) is 1. The van der Waals surface area contributed by atoms with E-state index < -0.39 is 0 Å². The fourth-order valence-corrected chi connectivity index (χ4v) is 2.18. The quantitative estimate of drug-likeness (QED) is 0.931. The van der Waals surface area contributed by atoms with Gasteiger partial charge in [0.15, 0.2) is 0 Å². The van der Waals surface area contributed by atoms with Crippen molar-refractivity contribution in [1.82, 2.24) is 5.32 Å². The van der Waals surface area contributed by atoms with E-state index in [0.717, 1.165) is 15.8 Å². The summed E-state index contributed by atoms with van der Waals surface area (Å²) in [6.45, 7) is 8.23. The molecular weight excluding hydrogens is 294 g/mol. The van der Waals surface area contributed by atoms with Crippen molar-refractivity contribution in [2.75, 3.05) is 6.54 Å². The van der Waals surface area contributed by atoms with Crippen molar-refractivity contribution in [3.8, 4) is 5.75 Å². The van der Waals surface area contributed by atoms with E-state index in [4.69, 9.17) is 4.74 Å². The van der Waals surface area contributed by atoms with Crippen molar-refractivity contribution < 1.29 is 9.53 Å². The SMILES string of the molecule is C=C(Br)CNC(=O)c1cccc2c1OC(C)C2C. The predicted octanol–water partition coefficient (Wildman–Crippen LogP) is 3.21. The van der Waals surface area contributed by atoms with Crippen molar-refractivity contribution >= 4 is 21.8 Å². The number of carbonyl (C=O) groups is 1. The molecule has 2 atom stereocenters. The van der Waals surface area contributed by atoms with Crippen LogP contribution in [0, 0.1) is 0 Å². The Hall–Kier alpha value is -1.29. The zero-order valence-electron chi connectivity index (χ0n) is 10.5. The molecule has 1 aliphatic rings. The van der Waals surface area contributed by atoms with E-state index in [1.165, 1.54) is 0 Å². The Labute approximate surface area is 115 Å². The van der Waals surface area contributed by atoms with Crippen LogP contribution in [-0.2, 0) is 0 Å². The lowest BCUT2D eigenvalue weighted by atomic mass is 9.97. The van der Waals surface area contributed by atoms with Crippen LogP contribution in [0.1, 0.15) is 35.7 Å². The van der Waals surface area contributed by atoms with E-state index in [-0.39, 0.29) is 12.0 Å². The molecule has 0 spiro atoms. The Bertz CT molecular complexity index is 499. The number of fused-ring (bicyclic) bond motifs is 1. The monoisotopic (exact) mass is 309 g/mol. The number of halogens is 1. The van der Waals surface area contributed by atoms with E-state index in [1.807, 2.05) is 19.1 Å². The molecule has 2 unspecified atom stereocenters. The van der Waals surface area contributed by atoms with E-state index in [9.17, 15) is 4.79 Å². The summed E-state index contributed by atoms with van der Waals surface area (Å²) >= 11 is 3.22. The number of ether oxygens (including phenoxy) is 1. The molecule has 1 aromatic rings. The molecule has 18 heavy (non-hydrogen) atoms. The van der Waals surface area contributed by atoms with Crippen LogP contribution < -0.4 is 10.1 Å². The number of nitrogens with one attached hydrogen (secondary N) is 1. The van der Waals surface area contributed by atoms with Crippen LogP contribution >= 0.6 is 15.9 Å². The Morgan fingerprint density at radius 1 is 1.50 bits per heavy atom. The lowest BCUT2D eigenvalue weighted by Gasteiger charge is -2.09. The Morgan fingerprint density at radius 2 is 2.22 bits per heavy atom. The third-order valence-electron chi connectivity index (χ3n) is 3.23. The third kappa shape index (κ3) is 2.43. The highest BCUT2D eigenvalue weighted by Gasteiger charge is 2.30. The molecule has 1 aromatic carbocycles. The highest BCUT2D eigenvalue weighted by atomic mass is 79.9. The summed E-state index contributed by atoms with van der Waals surface area (Å²) in [5.74, 6) is 0.905. The van der Waals surface area contributed by atoms with E-state index >= 15 is 0 Å². The fourth-order valence-electron chi connectivity index (χ4n) is 2.04. The molecule has 0 bridgehead atoms. The predicted molar refractivity (Wildman–Crippen MR) is 75.3 cm³/mol. The highest BCUT2D eigenvalue weighted by molar-refractivity contribution is 9.11. The third-order valence-corrected chi connectivity index (χ3v) is 3.51. The van der Waals surface area contributed by atoms with Gasteiger partial charge >= 0.3 is 0 Å². The second-order valence-electron chi connectivity index (χ2n) is 4.54. The summed E-state index contributed by atoms with van der Waals surface area (Å²) in [5.41, 5.74) is 1.70. The topological polar surface area (TPSA) is 38.3 Å². The van der Waals surface area contributed by atoms with Gasteiger partial charge in [-0.15, -0.1) is 0 Å². The highest BCUT2D eigenvalue weighted by Crippen LogP contribution is 2.40. The summed E-state index contributed by atoms with van der Waals surface area (Å²) in [5, 5.41) is 2.79. The molecule has 0 saturated heterocycles. The maximum absolute atomic E-state index is 12.1. The molecule has 4 heteroatoms.